The molecule has 1 aliphatic rings. The number of hydrogen-bond acceptors (Lipinski definition) is 2. The van der Waals surface area contributed by atoms with Crippen molar-refractivity contribution in [3.8, 4) is 5.75 Å². The summed E-state index contributed by atoms with van der Waals surface area (Å²) in [5, 5.41) is 9.46. The predicted octanol–water partition coefficient (Wildman–Crippen LogP) is 2.50. The molecule has 0 bridgehead atoms. The Morgan fingerprint density at radius 3 is 2.67 bits per heavy atom. The molecule has 1 fully saturated rings. The van der Waals surface area contributed by atoms with Crippen molar-refractivity contribution in [1.29, 1.82) is 0 Å². The molecular weight excluding hydrogens is 226 g/mol. The van der Waals surface area contributed by atoms with Crippen LogP contribution >= 0.6 is 0 Å². The molecule has 1 N–H and O–H groups in total. The van der Waals surface area contributed by atoms with E-state index in [2.05, 4.69) is 6.92 Å². The maximum atomic E-state index is 12.1. The monoisotopic (exact) mass is 247 g/mol. The van der Waals surface area contributed by atoms with Crippen LogP contribution in [0.15, 0.2) is 18.2 Å². The number of aryl methyl sites for hydroxylation is 1. The van der Waals surface area contributed by atoms with Crippen LogP contribution in [0.25, 0.3) is 0 Å². The molecule has 1 aromatic rings. The molecule has 1 saturated heterocycles. The van der Waals surface area contributed by atoms with E-state index in [9.17, 15) is 9.90 Å². The van der Waals surface area contributed by atoms with Gasteiger partial charge in [-0.3, -0.25) is 4.79 Å². The topological polar surface area (TPSA) is 40.5 Å². The summed E-state index contributed by atoms with van der Waals surface area (Å²) in [5.74, 6) is 1.23. The number of benzene rings is 1. The third-order valence-corrected chi connectivity index (χ3v) is 3.75. The summed E-state index contributed by atoms with van der Waals surface area (Å²) >= 11 is 0. The average molecular weight is 247 g/mol. The highest BCUT2D eigenvalue weighted by Gasteiger charge is 2.20. The number of piperidine rings is 1. The largest absolute Gasteiger partial charge is 0.508 e. The molecular formula is C15H21NO2. The summed E-state index contributed by atoms with van der Waals surface area (Å²) in [4.78, 5) is 14.1. The molecule has 1 amide bonds. The molecule has 1 aromatic carbocycles. The second-order valence-electron chi connectivity index (χ2n) is 5.36. The van der Waals surface area contributed by atoms with Crippen molar-refractivity contribution in [2.45, 2.75) is 33.1 Å². The van der Waals surface area contributed by atoms with Crippen LogP contribution in [0.5, 0.6) is 5.75 Å². The fourth-order valence-corrected chi connectivity index (χ4v) is 2.37. The lowest BCUT2D eigenvalue weighted by molar-refractivity contribution is -0.131. The standard InChI is InChI=1S/C15H21NO2/c1-11-5-7-16(8-6-11)15(18)10-13-3-4-14(17)12(2)9-13/h3-4,9,11,17H,5-8,10H2,1-2H3. The number of hydrogen-bond donors (Lipinski definition) is 1. The molecule has 0 radical (unpaired) electrons. The van der Waals surface area contributed by atoms with E-state index in [1.807, 2.05) is 24.0 Å². The number of carbonyl (C=O) groups excluding carboxylic acids is 1. The van der Waals surface area contributed by atoms with Gasteiger partial charge in [0.2, 0.25) is 5.91 Å². The van der Waals surface area contributed by atoms with Crippen molar-refractivity contribution in [2.75, 3.05) is 13.1 Å². The highest BCUT2D eigenvalue weighted by atomic mass is 16.3. The molecule has 0 atom stereocenters. The number of likely N-dealkylation sites (tertiary alicyclic amines) is 1. The molecule has 3 heteroatoms. The van der Waals surface area contributed by atoms with Gasteiger partial charge < -0.3 is 10.0 Å². The quantitative estimate of drug-likeness (QED) is 0.872. The first-order valence-electron chi connectivity index (χ1n) is 6.62. The van der Waals surface area contributed by atoms with E-state index in [1.54, 1.807) is 6.07 Å². The first-order chi connectivity index (χ1) is 8.56. The van der Waals surface area contributed by atoms with Gasteiger partial charge in [-0.05, 0) is 42.9 Å². The van der Waals surface area contributed by atoms with E-state index < -0.39 is 0 Å². The van der Waals surface area contributed by atoms with Gasteiger partial charge in [-0.2, -0.15) is 0 Å². The molecule has 98 valence electrons. The molecule has 2 rings (SSSR count). The minimum Gasteiger partial charge on any atom is -0.508 e. The zero-order valence-electron chi connectivity index (χ0n) is 11.1. The third-order valence-electron chi connectivity index (χ3n) is 3.75. The predicted molar refractivity (Wildman–Crippen MR) is 71.5 cm³/mol. The maximum absolute atomic E-state index is 12.1. The van der Waals surface area contributed by atoms with Crippen LogP contribution in [0.3, 0.4) is 0 Å². The minimum atomic E-state index is 0.201. The smallest absolute Gasteiger partial charge is 0.226 e. The zero-order chi connectivity index (χ0) is 13.1. The molecule has 0 saturated carbocycles. The van der Waals surface area contributed by atoms with Crippen LogP contribution in [-0.2, 0) is 11.2 Å². The van der Waals surface area contributed by atoms with Crippen LogP contribution in [0.4, 0.5) is 0 Å². The van der Waals surface area contributed by atoms with E-state index in [0.717, 1.165) is 43.0 Å². The Morgan fingerprint density at radius 2 is 2.06 bits per heavy atom. The molecule has 0 unspecified atom stereocenters. The number of nitrogens with zero attached hydrogens (tertiary/aromatic N) is 1. The highest BCUT2D eigenvalue weighted by molar-refractivity contribution is 5.79. The summed E-state index contributed by atoms with van der Waals surface area (Å²) in [6, 6.07) is 5.38. The van der Waals surface area contributed by atoms with Crippen LogP contribution in [0, 0.1) is 12.8 Å². The Kier molecular flexibility index (Phi) is 3.90. The number of aromatic hydroxyl groups is 1. The van der Waals surface area contributed by atoms with Crippen LogP contribution in [0.2, 0.25) is 0 Å². The molecule has 0 spiro atoms. The van der Waals surface area contributed by atoms with E-state index in [-0.39, 0.29) is 11.7 Å². The van der Waals surface area contributed by atoms with Crippen LogP contribution < -0.4 is 0 Å². The molecule has 0 aromatic heterocycles. The van der Waals surface area contributed by atoms with Crippen molar-refractivity contribution >= 4 is 5.91 Å². The first kappa shape index (κ1) is 12.9. The lowest BCUT2D eigenvalue weighted by atomic mass is 9.98. The van der Waals surface area contributed by atoms with E-state index in [0.29, 0.717) is 6.42 Å². The number of amides is 1. The van der Waals surface area contributed by atoms with Gasteiger partial charge in [0, 0.05) is 13.1 Å². The Morgan fingerprint density at radius 1 is 1.39 bits per heavy atom. The number of carbonyl (C=O) groups is 1. The van der Waals surface area contributed by atoms with E-state index >= 15 is 0 Å². The van der Waals surface area contributed by atoms with Gasteiger partial charge >= 0.3 is 0 Å². The zero-order valence-corrected chi connectivity index (χ0v) is 11.1. The number of phenolic OH excluding ortho intramolecular Hbond substituents is 1. The fourth-order valence-electron chi connectivity index (χ4n) is 2.37. The SMILES string of the molecule is Cc1cc(CC(=O)N2CCC(C)CC2)ccc1O. The second-order valence-corrected chi connectivity index (χ2v) is 5.36. The Hall–Kier alpha value is -1.51. The van der Waals surface area contributed by atoms with Gasteiger partial charge in [-0.15, -0.1) is 0 Å². The Labute approximate surface area is 108 Å². The molecule has 1 heterocycles. The lowest BCUT2D eigenvalue weighted by Gasteiger charge is -2.30. The summed E-state index contributed by atoms with van der Waals surface area (Å²) in [5.41, 5.74) is 1.81. The van der Waals surface area contributed by atoms with Gasteiger partial charge in [0.25, 0.3) is 0 Å². The maximum Gasteiger partial charge on any atom is 0.226 e. The third kappa shape index (κ3) is 3.03. The van der Waals surface area contributed by atoms with Gasteiger partial charge in [0.05, 0.1) is 6.42 Å². The highest BCUT2D eigenvalue weighted by Crippen LogP contribution is 2.19. The summed E-state index contributed by atoms with van der Waals surface area (Å²) < 4.78 is 0. The van der Waals surface area contributed by atoms with Gasteiger partial charge in [0.1, 0.15) is 5.75 Å². The van der Waals surface area contributed by atoms with Gasteiger partial charge in [0.15, 0.2) is 0 Å². The lowest BCUT2D eigenvalue weighted by Crippen LogP contribution is -2.38. The first-order valence-corrected chi connectivity index (χ1v) is 6.62. The molecule has 18 heavy (non-hydrogen) atoms. The van der Waals surface area contributed by atoms with Crippen LogP contribution in [-0.4, -0.2) is 29.0 Å². The van der Waals surface area contributed by atoms with E-state index in [1.165, 1.54) is 0 Å². The number of rotatable bonds is 2. The fraction of sp³-hybridized carbons (Fsp3) is 0.533. The summed E-state index contributed by atoms with van der Waals surface area (Å²) in [7, 11) is 0. The Bertz CT molecular complexity index is 434. The van der Waals surface area contributed by atoms with E-state index in [4.69, 9.17) is 0 Å². The van der Waals surface area contributed by atoms with Crippen molar-refractivity contribution in [3.05, 3.63) is 29.3 Å². The normalized spacial score (nSPS) is 16.9. The van der Waals surface area contributed by atoms with Crippen molar-refractivity contribution < 1.29 is 9.90 Å². The molecule has 1 aliphatic heterocycles. The molecule has 3 nitrogen and oxygen atoms in total. The summed E-state index contributed by atoms with van der Waals surface area (Å²) in [6.45, 7) is 5.87. The van der Waals surface area contributed by atoms with Gasteiger partial charge in [-0.1, -0.05) is 19.1 Å². The second kappa shape index (κ2) is 5.42. The summed E-state index contributed by atoms with van der Waals surface area (Å²) in [6.07, 6.45) is 2.66. The number of phenols is 1. The van der Waals surface area contributed by atoms with Gasteiger partial charge in [-0.25, -0.2) is 0 Å². The van der Waals surface area contributed by atoms with Crippen molar-refractivity contribution in [1.82, 2.24) is 4.90 Å². The minimum absolute atomic E-state index is 0.201. The van der Waals surface area contributed by atoms with Crippen molar-refractivity contribution in [2.24, 2.45) is 5.92 Å². The van der Waals surface area contributed by atoms with Crippen LogP contribution in [0.1, 0.15) is 30.9 Å². The average Bonchev–Trinajstić information content (AvgIpc) is 2.34. The molecule has 0 aliphatic carbocycles. The van der Waals surface area contributed by atoms with Crippen molar-refractivity contribution in [3.63, 3.8) is 0 Å². The Balaban J connectivity index is 1.96.